The van der Waals surface area contributed by atoms with Gasteiger partial charge in [-0.05, 0) is 82.3 Å². The second-order valence-corrected chi connectivity index (χ2v) is 12.0. The van der Waals surface area contributed by atoms with E-state index in [-0.39, 0.29) is 19.6 Å². The van der Waals surface area contributed by atoms with Gasteiger partial charge in [-0.15, -0.1) is 0 Å². The molecule has 2 N–H and O–H groups in total. The molecule has 0 aliphatic carbocycles. The zero-order valence-corrected chi connectivity index (χ0v) is 27.5. The lowest BCUT2D eigenvalue weighted by molar-refractivity contribution is -0.137. The van der Waals surface area contributed by atoms with Crippen LogP contribution >= 0.6 is 27.5 Å². The number of carboxylic acid groups (broad SMARTS) is 1. The summed E-state index contributed by atoms with van der Waals surface area (Å²) in [5.41, 5.74) is 5.22. The molecule has 0 saturated carbocycles. The molecule has 0 unspecified atom stereocenters. The third-order valence-electron chi connectivity index (χ3n) is 7.44. The van der Waals surface area contributed by atoms with Crippen LogP contribution in [0.5, 0.6) is 23.0 Å². The van der Waals surface area contributed by atoms with E-state index >= 15 is 0 Å². The number of hydrogen-bond acceptors (Lipinski definition) is 7. The van der Waals surface area contributed by atoms with E-state index in [1.165, 1.54) is 0 Å². The molecule has 0 saturated heterocycles. The molecule has 4 aromatic rings. The molecule has 1 aliphatic rings. The maximum Gasteiger partial charge on any atom is 0.303 e. The van der Waals surface area contributed by atoms with Crippen molar-refractivity contribution in [2.45, 2.75) is 45.4 Å². The topological polar surface area (TPSA) is 110 Å². The number of carboxylic acids is 1. The van der Waals surface area contributed by atoms with Crippen molar-refractivity contribution in [1.82, 2.24) is 5.32 Å². The van der Waals surface area contributed by atoms with Crippen molar-refractivity contribution < 1.29 is 28.8 Å². The summed E-state index contributed by atoms with van der Waals surface area (Å²) in [5.74, 6) is 1.79. The van der Waals surface area contributed by atoms with Crippen LogP contribution in [-0.2, 0) is 24.6 Å². The molecule has 0 amide bonds. The molecule has 5 rings (SSSR count). The van der Waals surface area contributed by atoms with Gasteiger partial charge in [0.1, 0.15) is 37.9 Å². The number of rotatable bonds is 15. The third-order valence-corrected chi connectivity index (χ3v) is 8.67. The summed E-state index contributed by atoms with van der Waals surface area (Å²) in [7, 11) is 0. The van der Waals surface area contributed by atoms with Gasteiger partial charge in [0.2, 0.25) is 0 Å². The van der Waals surface area contributed by atoms with Gasteiger partial charge in [0.05, 0.1) is 16.7 Å². The zero-order chi connectivity index (χ0) is 32.3. The monoisotopic (exact) mass is 704 g/mol. The van der Waals surface area contributed by atoms with Crippen LogP contribution in [0.2, 0.25) is 5.02 Å². The maximum absolute atomic E-state index is 10.8. The van der Waals surface area contributed by atoms with Gasteiger partial charge in [0.15, 0.2) is 11.5 Å². The van der Waals surface area contributed by atoms with E-state index in [0.717, 1.165) is 63.2 Å². The summed E-state index contributed by atoms with van der Waals surface area (Å²) in [6, 6.07) is 25.0. The van der Waals surface area contributed by atoms with Gasteiger partial charge in [-0.2, -0.15) is 5.26 Å². The van der Waals surface area contributed by atoms with Crippen LogP contribution in [0.3, 0.4) is 0 Å². The van der Waals surface area contributed by atoms with Crippen LogP contribution in [-0.4, -0.2) is 30.8 Å². The number of unbranched alkanes of at least 4 members (excludes halogenated alkanes) is 2. The van der Waals surface area contributed by atoms with Gasteiger partial charge in [-0.25, -0.2) is 0 Å². The predicted molar refractivity (Wildman–Crippen MR) is 180 cm³/mol. The molecule has 46 heavy (non-hydrogen) atoms. The summed E-state index contributed by atoms with van der Waals surface area (Å²) in [6.07, 6.45) is 2.53. The highest BCUT2D eigenvalue weighted by molar-refractivity contribution is 9.10. The lowest BCUT2D eigenvalue weighted by Gasteiger charge is -2.19. The van der Waals surface area contributed by atoms with Gasteiger partial charge in [0.25, 0.3) is 0 Å². The van der Waals surface area contributed by atoms with E-state index < -0.39 is 5.97 Å². The molecule has 10 heteroatoms. The Labute approximate surface area is 281 Å². The lowest BCUT2D eigenvalue weighted by atomic mass is 10.0. The molecule has 0 radical (unpaired) electrons. The molecule has 238 valence electrons. The lowest BCUT2D eigenvalue weighted by Crippen LogP contribution is -2.16. The second-order valence-electron chi connectivity index (χ2n) is 10.8. The zero-order valence-electron chi connectivity index (χ0n) is 25.2. The van der Waals surface area contributed by atoms with E-state index in [1.54, 1.807) is 18.2 Å². The van der Waals surface area contributed by atoms with Crippen molar-refractivity contribution in [3.8, 4) is 40.2 Å². The molecule has 0 atom stereocenters. The standard InChI is InChI=1S/C36H34BrClN2O6/c37-36-27(8-5-9-29(36)26-11-12-31-34(18-26)44-15-14-43-31)23-46-33-19-32(45-22-25-7-4-6-24(16-25)20-39)28(17-30(33)38)21-40-13-3-1-2-10-35(41)42/h4-9,11-12,16-19,40H,1-3,10,13-15,21-23H2,(H,41,42). The Hall–Kier alpha value is -4.23. The summed E-state index contributed by atoms with van der Waals surface area (Å²) < 4.78 is 24.9. The fourth-order valence-corrected chi connectivity index (χ4v) is 5.91. The maximum atomic E-state index is 10.8. The molecule has 1 heterocycles. The van der Waals surface area contributed by atoms with Gasteiger partial charge in [-0.3, -0.25) is 4.79 Å². The highest BCUT2D eigenvalue weighted by Gasteiger charge is 2.16. The minimum absolute atomic E-state index is 0.182. The average Bonchev–Trinajstić information content (AvgIpc) is 3.07. The van der Waals surface area contributed by atoms with E-state index in [0.29, 0.717) is 48.3 Å². The Bertz CT molecular complexity index is 1720. The Morgan fingerprint density at radius 3 is 2.54 bits per heavy atom. The van der Waals surface area contributed by atoms with Gasteiger partial charge >= 0.3 is 5.97 Å². The summed E-state index contributed by atoms with van der Waals surface area (Å²) in [6.45, 7) is 2.83. The molecule has 0 bridgehead atoms. The van der Waals surface area contributed by atoms with Gasteiger partial charge < -0.3 is 29.4 Å². The summed E-state index contributed by atoms with van der Waals surface area (Å²) in [5, 5.41) is 22.0. The van der Waals surface area contributed by atoms with E-state index in [1.807, 2.05) is 54.6 Å². The first-order chi connectivity index (χ1) is 22.4. The minimum Gasteiger partial charge on any atom is -0.488 e. The minimum atomic E-state index is -0.771. The number of hydrogen-bond donors (Lipinski definition) is 2. The number of nitriles is 1. The van der Waals surface area contributed by atoms with Crippen molar-refractivity contribution in [2.75, 3.05) is 19.8 Å². The average molecular weight is 706 g/mol. The molecular formula is C36H34BrClN2O6. The normalized spacial score (nSPS) is 11.9. The molecule has 0 spiro atoms. The molecule has 0 aromatic heterocycles. The SMILES string of the molecule is N#Cc1cccc(COc2cc(OCc3cccc(-c4ccc5c(c4)OCCO5)c3Br)c(Cl)cc2CNCCCCCC(=O)O)c1. The Kier molecular flexibility index (Phi) is 11.8. The van der Waals surface area contributed by atoms with Crippen molar-refractivity contribution in [3.63, 3.8) is 0 Å². The quantitative estimate of drug-likeness (QED) is 0.119. The van der Waals surface area contributed by atoms with Crippen LogP contribution < -0.4 is 24.3 Å². The van der Waals surface area contributed by atoms with Crippen LogP contribution in [0, 0.1) is 11.3 Å². The number of nitrogens with one attached hydrogen (secondary N) is 1. The fraction of sp³-hybridized carbons (Fsp3) is 0.278. The van der Waals surface area contributed by atoms with Crippen LogP contribution in [0.1, 0.15) is 47.9 Å². The smallest absolute Gasteiger partial charge is 0.303 e. The number of fused-ring (bicyclic) bond motifs is 1. The van der Waals surface area contributed by atoms with Crippen LogP contribution in [0.4, 0.5) is 0 Å². The Morgan fingerprint density at radius 1 is 0.913 bits per heavy atom. The number of aliphatic carboxylic acids is 1. The van der Waals surface area contributed by atoms with Crippen molar-refractivity contribution in [1.29, 1.82) is 5.26 Å². The van der Waals surface area contributed by atoms with Crippen LogP contribution in [0.25, 0.3) is 11.1 Å². The Balaban J connectivity index is 1.30. The number of halogens is 2. The third kappa shape index (κ3) is 8.94. The first-order valence-corrected chi connectivity index (χ1v) is 16.3. The number of nitrogens with zero attached hydrogens (tertiary/aromatic N) is 1. The first-order valence-electron chi connectivity index (χ1n) is 15.1. The number of carbonyl (C=O) groups is 1. The van der Waals surface area contributed by atoms with Crippen LogP contribution in [0.15, 0.2) is 77.3 Å². The second kappa shape index (κ2) is 16.4. The molecule has 4 aromatic carbocycles. The van der Waals surface area contributed by atoms with E-state index in [9.17, 15) is 10.1 Å². The predicted octanol–water partition coefficient (Wildman–Crippen LogP) is 8.30. The molecular weight excluding hydrogens is 672 g/mol. The van der Waals surface area contributed by atoms with Crippen molar-refractivity contribution in [3.05, 3.63) is 105 Å². The largest absolute Gasteiger partial charge is 0.488 e. The highest BCUT2D eigenvalue weighted by Crippen LogP contribution is 2.39. The molecule has 1 aliphatic heterocycles. The summed E-state index contributed by atoms with van der Waals surface area (Å²) >= 11 is 10.5. The summed E-state index contributed by atoms with van der Waals surface area (Å²) in [4.78, 5) is 10.8. The van der Waals surface area contributed by atoms with Gasteiger partial charge in [0, 0.05) is 34.6 Å². The van der Waals surface area contributed by atoms with Crippen molar-refractivity contribution >= 4 is 33.5 Å². The fourth-order valence-electron chi connectivity index (χ4n) is 5.06. The number of ether oxygens (including phenoxy) is 4. The van der Waals surface area contributed by atoms with E-state index in [2.05, 4.69) is 27.3 Å². The first kappa shape index (κ1) is 33.1. The van der Waals surface area contributed by atoms with E-state index in [4.69, 9.17) is 35.7 Å². The van der Waals surface area contributed by atoms with Gasteiger partial charge in [-0.1, -0.05) is 54.4 Å². The number of benzene rings is 4. The molecule has 0 fully saturated rings. The van der Waals surface area contributed by atoms with Crippen molar-refractivity contribution in [2.24, 2.45) is 0 Å². The Morgan fingerprint density at radius 2 is 1.72 bits per heavy atom. The molecule has 8 nitrogen and oxygen atoms in total. The highest BCUT2D eigenvalue weighted by atomic mass is 79.9.